The summed E-state index contributed by atoms with van der Waals surface area (Å²) in [7, 11) is 1.51. The third kappa shape index (κ3) is 5.88. The Balaban J connectivity index is 1.78. The maximum atomic E-state index is 13.6. The van der Waals surface area contributed by atoms with Gasteiger partial charge < -0.3 is 9.47 Å². The minimum absolute atomic E-state index is 0.138. The number of methoxy groups -OCH3 is 1. The molecule has 1 amide bonds. The Hall–Kier alpha value is -3.23. The summed E-state index contributed by atoms with van der Waals surface area (Å²) in [4.78, 5) is 24.0. The Morgan fingerprint density at radius 3 is 2.80 bits per heavy atom. The van der Waals surface area contributed by atoms with Gasteiger partial charge in [-0.2, -0.15) is 5.10 Å². The van der Waals surface area contributed by atoms with Gasteiger partial charge in [-0.15, -0.1) is 0 Å². The van der Waals surface area contributed by atoms with E-state index in [0.29, 0.717) is 18.0 Å². The van der Waals surface area contributed by atoms with Gasteiger partial charge in [0.15, 0.2) is 0 Å². The Kier molecular flexibility index (Phi) is 7.16. The Labute approximate surface area is 177 Å². The topological polar surface area (TPSA) is 82.4 Å². The molecule has 0 aliphatic heterocycles. The van der Waals surface area contributed by atoms with Gasteiger partial charge in [-0.1, -0.05) is 23.7 Å². The molecule has 7 nitrogen and oxygen atoms in total. The lowest BCUT2D eigenvalue weighted by molar-refractivity contribution is 0.107. The van der Waals surface area contributed by atoms with Gasteiger partial charge in [0, 0.05) is 36.5 Å². The number of halogens is 2. The van der Waals surface area contributed by atoms with Crippen LogP contribution >= 0.6 is 11.6 Å². The molecule has 0 saturated carbocycles. The standard InChI is InChI=1S/C21H19ClFN3O4/c1-29-7-8-30-21(28)24-17-4-2-3-14(9-17)10-19-20(27)5-6-26(25-19)18-12-15(22)11-16(23)13-18/h2-6,9,11-13H,7-8,10H2,1H3,(H,24,28). The number of amides is 1. The highest BCUT2D eigenvalue weighted by atomic mass is 35.5. The Bertz CT molecular complexity index is 1080. The number of benzene rings is 2. The van der Waals surface area contributed by atoms with Crippen LogP contribution in [0.5, 0.6) is 0 Å². The van der Waals surface area contributed by atoms with E-state index in [-0.39, 0.29) is 29.2 Å². The summed E-state index contributed by atoms with van der Waals surface area (Å²) in [5.74, 6) is -0.504. The Morgan fingerprint density at radius 2 is 2.03 bits per heavy atom. The van der Waals surface area contributed by atoms with Crippen LogP contribution in [-0.4, -0.2) is 36.2 Å². The van der Waals surface area contributed by atoms with Crippen molar-refractivity contribution >= 4 is 23.4 Å². The van der Waals surface area contributed by atoms with Crippen LogP contribution in [0.15, 0.2) is 59.5 Å². The van der Waals surface area contributed by atoms with E-state index in [0.717, 1.165) is 5.56 Å². The van der Waals surface area contributed by atoms with Crippen molar-refractivity contribution in [3.8, 4) is 5.69 Å². The van der Waals surface area contributed by atoms with E-state index in [9.17, 15) is 14.0 Å². The zero-order valence-corrected chi connectivity index (χ0v) is 16.9. The molecule has 1 N–H and O–H groups in total. The van der Waals surface area contributed by atoms with Gasteiger partial charge in [0.1, 0.15) is 18.1 Å². The predicted octanol–water partition coefficient (Wildman–Crippen LogP) is 3.81. The number of aromatic nitrogens is 2. The molecule has 0 spiro atoms. The highest BCUT2D eigenvalue weighted by molar-refractivity contribution is 6.30. The smallest absolute Gasteiger partial charge is 0.411 e. The van der Waals surface area contributed by atoms with Crippen molar-refractivity contribution in [3.05, 3.63) is 87.0 Å². The minimum Gasteiger partial charge on any atom is -0.447 e. The van der Waals surface area contributed by atoms with E-state index in [2.05, 4.69) is 10.4 Å². The first-order chi connectivity index (χ1) is 14.4. The van der Waals surface area contributed by atoms with Gasteiger partial charge in [-0.25, -0.2) is 13.9 Å². The van der Waals surface area contributed by atoms with Crippen molar-refractivity contribution in [3.63, 3.8) is 0 Å². The van der Waals surface area contributed by atoms with E-state index in [1.165, 1.54) is 36.2 Å². The molecule has 0 fully saturated rings. The average Bonchev–Trinajstić information content (AvgIpc) is 2.69. The molecular formula is C21H19ClFN3O4. The second-order valence-electron chi connectivity index (χ2n) is 6.33. The second-order valence-corrected chi connectivity index (χ2v) is 6.77. The SMILES string of the molecule is COCCOC(=O)Nc1cccc(Cc2nn(-c3cc(F)cc(Cl)c3)ccc2=O)c1. The largest absolute Gasteiger partial charge is 0.447 e. The summed E-state index contributed by atoms with van der Waals surface area (Å²) in [6.07, 6.45) is 1.06. The fourth-order valence-electron chi connectivity index (χ4n) is 2.71. The van der Waals surface area contributed by atoms with Crippen LogP contribution < -0.4 is 10.7 Å². The summed E-state index contributed by atoms with van der Waals surface area (Å²) < 4.78 is 24.8. The first-order valence-electron chi connectivity index (χ1n) is 9.01. The van der Waals surface area contributed by atoms with E-state index in [1.54, 1.807) is 30.3 Å². The summed E-state index contributed by atoms with van der Waals surface area (Å²) in [5.41, 5.74) is 1.67. The van der Waals surface area contributed by atoms with Crippen LogP contribution in [0.1, 0.15) is 11.3 Å². The Morgan fingerprint density at radius 1 is 1.20 bits per heavy atom. The third-order valence-electron chi connectivity index (χ3n) is 4.06. The van der Waals surface area contributed by atoms with Crippen molar-refractivity contribution in [2.24, 2.45) is 0 Å². The fraction of sp³-hybridized carbons (Fsp3) is 0.190. The number of nitrogens with one attached hydrogen (secondary N) is 1. The summed E-state index contributed by atoms with van der Waals surface area (Å²) in [6, 6.07) is 12.3. The van der Waals surface area contributed by atoms with Crippen LogP contribution in [0.2, 0.25) is 5.02 Å². The van der Waals surface area contributed by atoms with E-state index < -0.39 is 11.9 Å². The van der Waals surface area contributed by atoms with Crippen molar-refractivity contribution in [2.45, 2.75) is 6.42 Å². The molecule has 0 aliphatic rings. The highest BCUT2D eigenvalue weighted by Crippen LogP contribution is 2.17. The first-order valence-corrected chi connectivity index (χ1v) is 9.39. The lowest BCUT2D eigenvalue weighted by Gasteiger charge is -2.10. The molecule has 0 saturated heterocycles. The van der Waals surface area contributed by atoms with Gasteiger partial charge in [-0.05, 0) is 35.9 Å². The summed E-state index contributed by atoms with van der Waals surface area (Å²) in [5, 5.41) is 7.15. The van der Waals surface area contributed by atoms with Crippen LogP contribution in [0.4, 0.5) is 14.9 Å². The number of anilines is 1. The van der Waals surface area contributed by atoms with Crippen molar-refractivity contribution in [1.29, 1.82) is 0 Å². The molecule has 30 heavy (non-hydrogen) atoms. The van der Waals surface area contributed by atoms with Crippen molar-refractivity contribution in [2.75, 3.05) is 25.6 Å². The molecule has 2 aromatic carbocycles. The monoisotopic (exact) mass is 431 g/mol. The molecule has 3 rings (SSSR count). The van der Waals surface area contributed by atoms with Gasteiger partial charge in [0.05, 0.1) is 12.3 Å². The van der Waals surface area contributed by atoms with Gasteiger partial charge in [0.2, 0.25) is 5.43 Å². The minimum atomic E-state index is -0.604. The molecule has 0 unspecified atom stereocenters. The molecule has 3 aromatic rings. The number of carbonyl (C=O) groups excluding carboxylic acids is 1. The van der Waals surface area contributed by atoms with Crippen molar-refractivity contribution < 1.29 is 18.7 Å². The zero-order valence-electron chi connectivity index (χ0n) is 16.1. The number of hydrogen-bond donors (Lipinski definition) is 1. The molecule has 1 heterocycles. The van der Waals surface area contributed by atoms with Gasteiger partial charge >= 0.3 is 6.09 Å². The summed E-state index contributed by atoms with van der Waals surface area (Å²) >= 11 is 5.91. The number of hydrogen-bond acceptors (Lipinski definition) is 5. The molecule has 1 aromatic heterocycles. The lowest BCUT2D eigenvalue weighted by Crippen LogP contribution is -2.17. The summed E-state index contributed by atoms with van der Waals surface area (Å²) in [6.45, 7) is 0.440. The predicted molar refractivity (Wildman–Crippen MR) is 111 cm³/mol. The van der Waals surface area contributed by atoms with E-state index in [4.69, 9.17) is 21.1 Å². The number of nitrogens with zero attached hydrogens (tertiary/aromatic N) is 2. The average molecular weight is 432 g/mol. The van der Waals surface area contributed by atoms with Crippen LogP contribution in [-0.2, 0) is 15.9 Å². The number of rotatable bonds is 7. The van der Waals surface area contributed by atoms with E-state index in [1.807, 2.05) is 0 Å². The normalized spacial score (nSPS) is 10.6. The molecule has 156 valence electrons. The molecule has 0 atom stereocenters. The van der Waals surface area contributed by atoms with Gasteiger partial charge in [0.25, 0.3) is 0 Å². The molecule has 0 radical (unpaired) electrons. The maximum Gasteiger partial charge on any atom is 0.411 e. The maximum absolute atomic E-state index is 13.6. The van der Waals surface area contributed by atoms with Crippen LogP contribution in [0, 0.1) is 5.82 Å². The van der Waals surface area contributed by atoms with Crippen LogP contribution in [0.25, 0.3) is 5.69 Å². The molecular weight excluding hydrogens is 413 g/mol. The van der Waals surface area contributed by atoms with E-state index >= 15 is 0 Å². The quantitative estimate of drug-likeness (QED) is 0.575. The fourth-order valence-corrected chi connectivity index (χ4v) is 2.93. The van der Waals surface area contributed by atoms with Crippen LogP contribution in [0.3, 0.4) is 0 Å². The first kappa shape index (κ1) is 21.5. The zero-order chi connectivity index (χ0) is 21.5. The highest BCUT2D eigenvalue weighted by Gasteiger charge is 2.09. The van der Waals surface area contributed by atoms with Gasteiger partial charge in [-0.3, -0.25) is 10.1 Å². The molecule has 0 aliphatic carbocycles. The number of carbonyl (C=O) groups is 1. The number of ether oxygens (including phenoxy) is 2. The molecule has 0 bridgehead atoms. The molecule has 9 heteroatoms. The third-order valence-corrected chi connectivity index (χ3v) is 4.28. The lowest BCUT2D eigenvalue weighted by atomic mass is 10.1. The van der Waals surface area contributed by atoms with Crippen molar-refractivity contribution in [1.82, 2.24) is 9.78 Å². The second kappa shape index (κ2) is 10.00.